The molecule has 31 heavy (non-hydrogen) atoms. The third-order valence-corrected chi connectivity index (χ3v) is 3.16. The summed E-state index contributed by atoms with van der Waals surface area (Å²) >= 11 is 0. The molecule has 0 atom stereocenters. The number of carboxylic acids is 1. The van der Waals surface area contributed by atoms with E-state index in [1.807, 2.05) is 0 Å². The zero-order valence-electron chi connectivity index (χ0n) is 14.7. The monoisotopic (exact) mass is 457 g/mol. The Morgan fingerprint density at radius 2 is 1.26 bits per heavy atom. The summed E-state index contributed by atoms with van der Waals surface area (Å²) in [6, 6.07) is 3.28. The SMILES string of the molecule is C.C.CON(C)C(=O)c1ccc(C(F)(F)F)nc1.O=C(O)c1ccc(C(F)(F)F)nc1. The maximum absolute atomic E-state index is 12.2. The minimum atomic E-state index is -4.53. The second-order valence-corrected chi connectivity index (χ2v) is 5.15. The van der Waals surface area contributed by atoms with Gasteiger partial charge in [0.15, 0.2) is 0 Å². The molecular formula is C18H21F6N3O4. The lowest BCUT2D eigenvalue weighted by atomic mass is 10.2. The number of aromatic nitrogens is 2. The number of rotatable bonds is 3. The quantitative estimate of drug-likeness (QED) is 0.526. The average Bonchev–Trinajstić information content (AvgIpc) is 2.66. The number of carboxylic acid groups (broad SMARTS) is 1. The Kier molecular flexibility index (Phi) is 11.4. The van der Waals surface area contributed by atoms with Crippen molar-refractivity contribution < 1.29 is 45.9 Å². The fourth-order valence-electron chi connectivity index (χ4n) is 1.64. The minimum Gasteiger partial charge on any atom is -0.478 e. The summed E-state index contributed by atoms with van der Waals surface area (Å²) in [5.41, 5.74) is -2.38. The molecule has 7 nitrogen and oxygen atoms in total. The van der Waals surface area contributed by atoms with Gasteiger partial charge < -0.3 is 5.11 Å². The van der Waals surface area contributed by atoms with Crippen LogP contribution in [0.25, 0.3) is 0 Å². The molecular weight excluding hydrogens is 436 g/mol. The zero-order valence-corrected chi connectivity index (χ0v) is 14.7. The highest BCUT2D eigenvalue weighted by Gasteiger charge is 2.33. The van der Waals surface area contributed by atoms with E-state index >= 15 is 0 Å². The highest BCUT2D eigenvalue weighted by Crippen LogP contribution is 2.28. The Balaban J connectivity index is 0. The Hall–Kier alpha value is -3.22. The van der Waals surface area contributed by atoms with Gasteiger partial charge in [-0.1, -0.05) is 14.9 Å². The van der Waals surface area contributed by atoms with E-state index in [1.54, 1.807) is 0 Å². The maximum Gasteiger partial charge on any atom is 0.433 e. The van der Waals surface area contributed by atoms with Crippen molar-refractivity contribution in [2.75, 3.05) is 14.2 Å². The van der Waals surface area contributed by atoms with Crippen LogP contribution in [0.4, 0.5) is 26.3 Å². The highest BCUT2D eigenvalue weighted by molar-refractivity contribution is 5.93. The van der Waals surface area contributed by atoms with E-state index in [0.717, 1.165) is 29.5 Å². The van der Waals surface area contributed by atoms with Gasteiger partial charge in [0.25, 0.3) is 5.91 Å². The zero-order chi connectivity index (χ0) is 22.4. The molecule has 0 unspecified atom stereocenters. The van der Waals surface area contributed by atoms with Crippen LogP contribution < -0.4 is 0 Å². The smallest absolute Gasteiger partial charge is 0.433 e. The van der Waals surface area contributed by atoms with Crippen LogP contribution in [-0.2, 0) is 17.2 Å². The first kappa shape index (κ1) is 30.0. The van der Waals surface area contributed by atoms with Crippen molar-refractivity contribution in [3.63, 3.8) is 0 Å². The number of pyridine rings is 2. The molecule has 2 heterocycles. The number of hydroxylamine groups is 2. The molecule has 2 rings (SSSR count). The molecule has 1 amide bonds. The molecule has 0 aromatic carbocycles. The normalized spacial score (nSPS) is 10.6. The van der Waals surface area contributed by atoms with Gasteiger partial charge in [-0.15, -0.1) is 0 Å². The number of alkyl halides is 6. The van der Waals surface area contributed by atoms with Crippen LogP contribution in [0.15, 0.2) is 36.7 Å². The van der Waals surface area contributed by atoms with E-state index < -0.39 is 35.6 Å². The number of carbonyl (C=O) groups excluding carboxylic acids is 1. The van der Waals surface area contributed by atoms with Gasteiger partial charge in [0.2, 0.25) is 0 Å². The lowest BCUT2D eigenvalue weighted by Gasteiger charge is -2.13. The van der Waals surface area contributed by atoms with Crippen molar-refractivity contribution in [2.24, 2.45) is 0 Å². The van der Waals surface area contributed by atoms with Crippen molar-refractivity contribution in [3.05, 3.63) is 59.2 Å². The Morgan fingerprint density at radius 1 is 0.871 bits per heavy atom. The number of halogens is 6. The standard InChI is InChI=1S/C9H9F3N2O2.C7H4F3NO2.2CH4/c1-14(16-2)8(15)6-3-4-7(13-5-6)9(10,11)12;8-7(9,10)5-2-1-4(3-11-5)6(12)13;;/h3-5H,1-2H3;1-3H,(H,12,13);2*1H4. The molecule has 1 N–H and O–H groups in total. The second kappa shape index (κ2) is 11.8. The van der Waals surface area contributed by atoms with Crippen molar-refractivity contribution >= 4 is 11.9 Å². The van der Waals surface area contributed by atoms with E-state index in [2.05, 4.69) is 14.8 Å². The van der Waals surface area contributed by atoms with Crippen LogP contribution in [0.1, 0.15) is 47.0 Å². The van der Waals surface area contributed by atoms with Gasteiger partial charge in [-0.2, -0.15) is 26.3 Å². The van der Waals surface area contributed by atoms with E-state index in [-0.39, 0.29) is 26.0 Å². The molecule has 174 valence electrons. The summed E-state index contributed by atoms with van der Waals surface area (Å²) in [5, 5.41) is 9.25. The third-order valence-electron chi connectivity index (χ3n) is 3.16. The first-order valence-corrected chi connectivity index (χ1v) is 7.39. The lowest BCUT2D eigenvalue weighted by molar-refractivity contribution is -0.142. The average molecular weight is 457 g/mol. The predicted molar refractivity (Wildman–Crippen MR) is 98.0 cm³/mol. The van der Waals surface area contributed by atoms with Gasteiger partial charge in [-0.05, 0) is 24.3 Å². The number of aromatic carboxylic acids is 1. The Labute approximate surface area is 174 Å². The van der Waals surface area contributed by atoms with E-state index in [9.17, 15) is 35.9 Å². The summed E-state index contributed by atoms with van der Waals surface area (Å²) in [6.07, 6.45) is -7.50. The van der Waals surface area contributed by atoms with Crippen LogP contribution in [0.3, 0.4) is 0 Å². The number of nitrogens with zero attached hydrogens (tertiary/aromatic N) is 3. The number of hydrogen-bond donors (Lipinski definition) is 1. The van der Waals surface area contributed by atoms with Crippen LogP contribution in [0.5, 0.6) is 0 Å². The molecule has 0 bridgehead atoms. The van der Waals surface area contributed by atoms with Crippen LogP contribution in [-0.4, -0.2) is 46.2 Å². The topological polar surface area (TPSA) is 92.6 Å². The van der Waals surface area contributed by atoms with Gasteiger partial charge in [0.05, 0.1) is 18.2 Å². The molecule has 0 aliphatic rings. The summed E-state index contributed by atoms with van der Waals surface area (Å²) < 4.78 is 72.2. The third kappa shape index (κ3) is 8.99. The first-order chi connectivity index (χ1) is 13.3. The van der Waals surface area contributed by atoms with Gasteiger partial charge in [0.1, 0.15) is 11.4 Å². The molecule has 0 aliphatic heterocycles. The van der Waals surface area contributed by atoms with Gasteiger partial charge in [-0.3, -0.25) is 19.6 Å². The molecule has 0 spiro atoms. The highest BCUT2D eigenvalue weighted by atomic mass is 19.4. The lowest BCUT2D eigenvalue weighted by Crippen LogP contribution is -2.25. The number of carbonyl (C=O) groups is 2. The largest absolute Gasteiger partial charge is 0.478 e. The molecule has 2 aromatic heterocycles. The Morgan fingerprint density at radius 3 is 1.52 bits per heavy atom. The maximum atomic E-state index is 12.2. The minimum absolute atomic E-state index is 0. The number of amides is 1. The van der Waals surface area contributed by atoms with E-state index in [4.69, 9.17) is 5.11 Å². The van der Waals surface area contributed by atoms with Gasteiger partial charge >= 0.3 is 18.3 Å². The van der Waals surface area contributed by atoms with Crippen molar-refractivity contribution in [1.29, 1.82) is 0 Å². The molecule has 0 saturated heterocycles. The fraction of sp³-hybridized carbons (Fsp3) is 0.333. The molecule has 13 heteroatoms. The Bertz CT molecular complexity index is 837. The number of hydrogen-bond acceptors (Lipinski definition) is 5. The molecule has 0 saturated carbocycles. The fourth-order valence-corrected chi connectivity index (χ4v) is 1.64. The van der Waals surface area contributed by atoms with Crippen LogP contribution in [0.2, 0.25) is 0 Å². The summed E-state index contributed by atoms with van der Waals surface area (Å²) in [7, 11) is 2.62. The predicted octanol–water partition coefficient (Wildman–Crippen LogP) is 4.80. The second-order valence-electron chi connectivity index (χ2n) is 5.15. The van der Waals surface area contributed by atoms with Crippen molar-refractivity contribution in [2.45, 2.75) is 27.2 Å². The molecule has 0 aliphatic carbocycles. The van der Waals surface area contributed by atoms with E-state index in [1.165, 1.54) is 14.2 Å². The summed E-state index contributed by atoms with van der Waals surface area (Å²) in [5.74, 6) is -1.87. The molecule has 0 radical (unpaired) electrons. The summed E-state index contributed by atoms with van der Waals surface area (Å²) in [6.45, 7) is 0. The molecule has 0 fully saturated rings. The van der Waals surface area contributed by atoms with Crippen LogP contribution in [0, 0.1) is 0 Å². The van der Waals surface area contributed by atoms with Crippen molar-refractivity contribution in [3.8, 4) is 0 Å². The van der Waals surface area contributed by atoms with Crippen LogP contribution >= 0.6 is 0 Å². The first-order valence-electron chi connectivity index (χ1n) is 7.39. The van der Waals surface area contributed by atoms with E-state index in [0.29, 0.717) is 12.3 Å². The van der Waals surface area contributed by atoms with Crippen molar-refractivity contribution in [1.82, 2.24) is 15.0 Å². The summed E-state index contributed by atoms with van der Waals surface area (Å²) in [4.78, 5) is 32.4. The van der Waals surface area contributed by atoms with Gasteiger partial charge in [0, 0.05) is 19.4 Å². The molecule has 2 aromatic rings. The van der Waals surface area contributed by atoms with Gasteiger partial charge in [-0.25, -0.2) is 9.86 Å².